The molecule has 0 unspecified atom stereocenters. The molecule has 6 heteroatoms. The van der Waals surface area contributed by atoms with E-state index in [1.165, 1.54) is 0 Å². The topological polar surface area (TPSA) is 79.8 Å². The molecule has 0 bridgehead atoms. The Labute approximate surface area is 199 Å². The van der Waals surface area contributed by atoms with E-state index < -0.39 is 0 Å². The number of pyridine rings is 3. The molecular formula is C28H27N5O. The minimum Gasteiger partial charge on any atom is -0.394 e. The monoisotopic (exact) mass is 449 g/mol. The molecule has 0 aliphatic heterocycles. The molecule has 0 radical (unpaired) electrons. The molecule has 1 aromatic carbocycles. The molecule has 2 N–H and O–H groups in total. The molecule has 0 saturated heterocycles. The van der Waals surface area contributed by atoms with E-state index in [1.54, 1.807) is 6.20 Å². The zero-order valence-electron chi connectivity index (χ0n) is 19.8. The van der Waals surface area contributed by atoms with Crippen LogP contribution in [0, 0.1) is 20.8 Å². The number of aromatic nitrogens is 3. The first-order chi connectivity index (χ1) is 16.5. The molecule has 0 spiro atoms. The quantitative estimate of drug-likeness (QED) is 0.343. The van der Waals surface area contributed by atoms with E-state index in [1.807, 2.05) is 75.6 Å². The lowest BCUT2D eigenvalue weighted by molar-refractivity contribution is 0.112. The van der Waals surface area contributed by atoms with Crippen molar-refractivity contribution in [1.82, 2.24) is 20.3 Å². The number of carbonyl (C=O) groups excluding carboxylic acids is 1. The number of anilines is 2. The third kappa shape index (κ3) is 5.02. The van der Waals surface area contributed by atoms with Crippen LogP contribution in [0.4, 0.5) is 11.5 Å². The summed E-state index contributed by atoms with van der Waals surface area (Å²) in [5.41, 5.74) is 8.65. The molecular weight excluding hydrogens is 422 g/mol. The molecule has 6 nitrogen and oxygen atoms in total. The number of aryl methyl sites for hydroxylation is 3. The van der Waals surface area contributed by atoms with Crippen molar-refractivity contribution < 1.29 is 4.79 Å². The van der Waals surface area contributed by atoms with Gasteiger partial charge in [-0.05, 0) is 86.1 Å². The molecule has 0 aliphatic carbocycles. The highest BCUT2D eigenvalue weighted by Gasteiger charge is 2.14. The number of hydrogen-bond acceptors (Lipinski definition) is 6. The van der Waals surface area contributed by atoms with E-state index in [-0.39, 0.29) is 0 Å². The Kier molecular flexibility index (Phi) is 6.78. The molecule has 0 atom stereocenters. The second-order valence-electron chi connectivity index (χ2n) is 8.11. The van der Waals surface area contributed by atoms with Crippen LogP contribution < -0.4 is 10.6 Å². The summed E-state index contributed by atoms with van der Waals surface area (Å²) in [7, 11) is 1.81. The van der Waals surface area contributed by atoms with Crippen molar-refractivity contribution in [3.8, 4) is 22.5 Å². The summed E-state index contributed by atoms with van der Waals surface area (Å²) < 4.78 is 0. The van der Waals surface area contributed by atoms with Crippen LogP contribution >= 0.6 is 0 Å². The smallest absolute Gasteiger partial charge is 0.154 e. The molecule has 3 heterocycles. The van der Waals surface area contributed by atoms with Gasteiger partial charge >= 0.3 is 0 Å². The maximum Gasteiger partial charge on any atom is 0.154 e. The molecule has 0 amide bonds. The van der Waals surface area contributed by atoms with E-state index >= 15 is 0 Å². The minimum atomic E-state index is 0.479. The molecule has 0 aliphatic rings. The van der Waals surface area contributed by atoms with Gasteiger partial charge in [-0.2, -0.15) is 0 Å². The summed E-state index contributed by atoms with van der Waals surface area (Å²) in [6.07, 6.45) is 6.36. The predicted octanol–water partition coefficient (Wildman–Crippen LogP) is 5.88. The maximum atomic E-state index is 12.1. The summed E-state index contributed by atoms with van der Waals surface area (Å²) >= 11 is 0. The summed E-state index contributed by atoms with van der Waals surface area (Å²) in [6, 6.07) is 17.9. The fourth-order valence-corrected chi connectivity index (χ4v) is 3.75. The Hall–Kier alpha value is -4.32. The molecule has 4 aromatic rings. The molecule has 0 saturated carbocycles. The van der Waals surface area contributed by atoms with Gasteiger partial charge in [0.25, 0.3) is 0 Å². The number of aldehydes is 1. The third-order valence-electron chi connectivity index (χ3n) is 5.50. The largest absolute Gasteiger partial charge is 0.394 e. The van der Waals surface area contributed by atoms with Gasteiger partial charge in [-0.3, -0.25) is 14.8 Å². The van der Waals surface area contributed by atoms with Crippen LogP contribution in [0.1, 0.15) is 32.9 Å². The first kappa shape index (κ1) is 22.9. The van der Waals surface area contributed by atoms with Gasteiger partial charge in [-0.1, -0.05) is 18.2 Å². The lowest BCUT2D eigenvalue weighted by Crippen LogP contribution is -2.04. The Morgan fingerprint density at radius 3 is 2.41 bits per heavy atom. The maximum absolute atomic E-state index is 12.1. The number of nitrogens with one attached hydrogen (secondary N) is 2. The lowest BCUT2D eigenvalue weighted by atomic mass is 10.0. The van der Waals surface area contributed by atoms with Gasteiger partial charge in [0.05, 0.1) is 17.0 Å². The van der Waals surface area contributed by atoms with Gasteiger partial charge in [-0.25, -0.2) is 4.98 Å². The third-order valence-corrected chi connectivity index (χ3v) is 5.50. The minimum absolute atomic E-state index is 0.479. The van der Waals surface area contributed by atoms with Gasteiger partial charge in [0.1, 0.15) is 5.82 Å². The second kappa shape index (κ2) is 10.1. The van der Waals surface area contributed by atoms with E-state index in [9.17, 15) is 4.79 Å². The van der Waals surface area contributed by atoms with E-state index in [0.29, 0.717) is 17.1 Å². The van der Waals surface area contributed by atoms with E-state index in [4.69, 9.17) is 4.98 Å². The SMILES string of the molecule is CN/C=C\c1cc(-c2cccc(C)n2)nc(Nc2ccc(-c3ccc(C)nc3)c(C)c2)c1C=O. The van der Waals surface area contributed by atoms with Crippen molar-refractivity contribution in [1.29, 1.82) is 0 Å². The van der Waals surface area contributed by atoms with Crippen LogP contribution in [-0.2, 0) is 0 Å². The molecule has 4 rings (SSSR count). The number of hydrogen-bond donors (Lipinski definition) is 2. The Morgan fingerprint density at radius 1 is 0.882 bits per heavy atom. The summed E-state index contributed by atoms with van der Waals surface area (Å²) in [5.74, 6) is 0.482. The Balaban J connectivity index is 1.76. The number of rotatable bonds is 7. The normalized spacial score (nSPS) is 10.9. The van der Waals surface area contributed by atoms with Crippen molar-refractivity contribution >= 4 is 23.9 Å². The number of carbonyl (C=O) groups is 1. The molecule has 170 valence electrons. The van der Waals surface area contributed by atoms with Crippen molar-refractivity contribution in [2.45, 2.75) is 20.8 Å². The zero-order chi connectivity index (χ0) is 24.1. The van der Waals surface area contributed by atoms with Gasteiger partial charge in [0.2, 0.25) is 0 Å². The molecule has 3 aromatic heterocycles. The zero-order valence-corrected chi connectivity index (χ0v) is 19.8. The van der Waals surface area contributed by atoms with E-state index in [0.717, 1.165) is 51.3 Å². The van der Waals surface area contributed by atoms with Crippen LogP contribution in [0.5, 0.6) is 0 Å². The Morgan fingerprint density at radius 2 is 1.74 bits per heavy atom. The lowest BCUT2D eigenvalue weighted by Gasteiger charge is -2.15. The average Bonchev–Trinajstić information content (AvgIpc) is 2.83. The van der Waals surface area contributed by atoms with Crippen LogP contribution in [0.2, 0.25) is 0 Å². The fourth-order valence-electron chi connectivity index (χ4n) is 3.75. The van der Waals surface area contributed by atoms with Crippen LogP contribution in [0.3, 0.4) is 0 Å². The summed E-state index contributed by atoms with van der Waals surface area (Å²) in [5, 5.41) is 6.33. The standard InChI is InChI=1S/C28H27N5O/c1-18-14-23(10-11-24(18)22-9-8-19(2)30-16-22)32-28-25(17-34)21(12-13-29-4)15-27(33-28)26-7-5-6-20(3)31-26/h5-17,29H,1-4H3,(H,32,33)/b13-12-. The molecule has 34 heavy (non-hydrogen) atoms. The van der Waals surface area contributed by atoms with Gasteiger partial charge in [-0.15, -0.1) is 0 Å². The predicted molar refractivity (Wildman–Crippen MR) is 138 cm³/mol. The first-order valence-electron chi connectivity index (χ1n) is 11.1. The molecule has 0 fully saturated rings. The number of nitrogens with zero attached hydrogens (tertiary/aromatic N) is 3. The highest BCUT2D eigenvalue weighted by atomic mass is 16.1. The van der Waals surface area contributed by atoms with Gasteiger partial charge in [0, 0.05) is 35.9 Å². The highest BCUT2D eigenvalue weighted by molar-refractivity contribution is 5.91. The van der Waals surface area contributed by atoms with Crippen LogP contribution in [0.25, 0.3) is 28.6 Å². The van der Waals surface area contributed by atoms with Crippen LogP contribution in [-0.4, -0.2) is 28.3 Å². The van der Waals surface area contributed by atoms with Gasteiger partial charge in [0.15, 0.2) is 6.29 Å². The van der Waals surface area contributed by atoms with Crippen molar-refractivity contribution in [2.24, 2.45) is 0 Å². The summed E-state index contributed by atoms with van der Waals surface area (Å²) in [6.45, 7) is 5.97. The summed E-state index contributed by atoms with van der Waals surface area (Å²) in [4.78, 5) is 25.9. The van der Waals surface area contributed by atoms with Crippen LogP contribution in [0.15, 0.2) is 67.0 Å². The number of benzene rings is 1. The Bertz CT molecular complexity index is 1360. The second-order valence-corrected chi connectivity index (χ2v) is 8.11. The highest BCUT2D eigenvalue weighted by Crippen LogP contribution is 2.30. The fraction of sp³-hybridized carbons (Fsp3) is 0.143. The van der Waals surface area contributed by atoms with Gasteiger partial charge < -0.3 is 10.6 Å². The first-order valence-corrected chi connectivity index (χ1v) is 11.1. The van der Waals surface area contributed by atoms with Crippen molar-refractivity contribution in [3.05, 3.63) is 95.1 Å². The van der Waals surface area contributed by atoms with Crippen molar-refractivity contribution in [2.75, 3.05) is 12.4 Å². The van der Waals surface area contributed by atoms with E-state index in [2.05, 4.69) is 39.7 Å². The van der Waals surface area contributed by atoms with Crippen molar-refractivity contribution in [3.63, 3.8) is 0 Å². The average molecular weight is 450 g/mol.